The summed E-state index contributed by atoms with van der Waals surface area (Å²) in [6.07, 6.45) is -2.67. The molecule has 0 aromatic rings. The Morgan fingerprint density at radius 2 is 2.00 bits per heavy atom. The molecule has 0 saturated heterocycles. The molecule has 0 heterocycles. The molecular weight excluding hydrogens is 207 g/mol. The van der Waals surface area contributed by atoms with Crippen molar-refractivity contribution >= 4 is 0 Å². The first-order valence-corrected chi connectivity index (χ1v) is 5.24. The van der Waals surface area contributed by atoms with Gasteiger partial charge in [-0.05, 0) is 25.7 Å². The highest BCUT2D eigenvalue weighted by Crippen LogP contribution is 2.33. The zero-order chi connectivity index (χ0) is 11.5. The molecule has 0 amide bonds. The zero-order valence-corrected chi connectivity index (χ0v) is 9.10. The Kier molecular flexibility index (Phi) is 4.40. The van der Waals surface area contributed by atoms with Crippen LogP contribution < -0.4 is 5.32 Å². The minimum Gasteiger partial charge on any atom is -0.383 e. The molecule has 1 rings (SSSR count). The normalized spacial score (nSPS) is 21.4. The summed E-state index contributed by atoms with van der Waals surface area (Å²) in [5.74, 6) is 0.501. The molecule has 0 radical (unpaired) electrons. The summed E-state index contributed by atoms with van der Waals surface area (Å²) in [6, 6.07) is -0.460. The van der Waals surface area contributed by atoms with Gasteiger partial charge in [0.15, 0.2) is 0 Å². The lowest BCUT2D eigenvalue weighted by molar-refractivity contribution is -0.139. The van der Waals surface area contributed by atoms with Crippen molar-refractivity contribution in [3.8, 4) is 0 Å². The van der Waals surface area contributed by atoms with Crippen LogP contribution in [0.15, 0.2) is 0 Å². The van der Waals surface area contributed by atoms with E-state index in [2.05, 4.69) is 5.32 Å². The number of rotatable bonds is 6. The second-order valence-corrected chi connectivity index (χ2v) is 4.29. The number of halogens is 3. The molecule has 2 nitrogen and oxygen atoms in total. The summed E-state index contributed by atoms with van der Waals surface area (Å²) in [4.78, 5) is 0. The molecule has 15 heavy (non-hydrogen) atoms. The van der Waals surface area contributed by atoms with Crippen LogP contribution in [-0.2, 0) is 4.74 Å². The molecule has 1 aliphatic rings. The van der Waals surface area contributed by atoms with Crippen LogP contribution in [-0.4, -0.2) is 32.0 Å². The van der Waals surface area contributed by atoms with Crippen LogP contribution in [0.5, 0.6) is 0 Å². The van der Waals surface area contributed by atoms with E-state index in [1.807, 2.05) is 0 Å². The molecule has 1 saturated carbocycles. The largest absolute Gasteiger partial charge is 0.390 e. The van der Waals surface area contributed by atoms with Crippen molar-refractivity contribution in [2.75, 3.05) is 13.7 Å². The van der Waals surface area contributed by atoms with Crippen molar-refractivity contribution in [1.82, 2.24) is 5.32 Å². The highest BCUT2D eigenvalue weighted by Gasteiger charge is 2.35. The van der Waals surface area contributed by atoms with Crippen LogP contribution >= 0.6 is 0 Å². The Morgan fingerprint density at radius 1 is 1.40 bits per heavy atom. The van der Waals surface area contributed by atoms with Gasteiger partial charge in [0.25, 0.3) is 0 Å². The zero-order valence-electron chi connectivity index (χ0n) is 9.10. The maximum absolute atomic E-state index is 12.1. The molecule has 1 N–H and O–H groups in total. The van der Waals surface area contributed by atoms with Gasteiger partial charge in [0.2, 0.25) is 0 Å². The van der Waals surface area contributed by atoms with Gasteiger partial charge in [-0.1, -0.05) is 0 Å². The summed E-state index contributed by atoms with van der Waals surface area (Å²) < 4.78 is 41.3. The van der Waals surface area contributed by atoms with Gasteiger partial charge in [0.05, 0.1) is 13.0 Å². The molecule has 0 aromatic carbocycles. The van der Waals surface area contributed by atoms with Crippen molar-refractivity contribution in [1.29, 1.82) is 0 Å². The number of alkyl halides is 3. The van der Waals surface area contributed by atoms with Crippen molar-refractivity contribution < 1.29 is 17.9 Å². The quantitative estimate of drug-likeness (QED) is 0.749. The van der Waals surface area contributed by atoms with Crippen LogP contribution in [0.4, 0.5) is 13.2 Å². The predicted octanol–water partition coefficient (Wildman–Crippen LogP) is 2.34. The fourth-order valence-corrected chi connectivity index (χ4v) is 1.77. The van der Waals surface area contributed by atoms with Crippen molar-refractivity contribution in [2.24, 2.45) is 5.92 Å². The van der Waals surface area contributed by atoms with E-state index in [1.165, 1.54) is 0 Å². The number of nitrogens with one attached hydrogen (secondary N) is 1. The average molecular weight is 225 g/mol. The third kappa shape index (κ3) is 5.37. The van der Waals surface area contributed by atoms with Crippen LogP contribution in [0, 0.1) is 5.92 Å². The summed E-state index contributed by atoms with van der Waals surface area (Å²) in [7, 11) is 1.57. The van der Waals surface area contributed by atoms with Gasteiger partial charge in [0.1, 0.15) is 0 Å². The minimum absolute atomic E-state index is 0.0762. The molecule has 2 unspecified atom stereocenters. The van der Waals surface area contributed by atoms with Crippen LogP contribution in [0.1, 0.15) is 26.2 Å². The Labute approximate surface area is 88.2 Å². The summed E-state index contributed by atoms with van der Waals surface area (Å²) in [5.41, 5.74) is 0. The second kappa shape index (κ2) is 5.16. The topological polar surface area (TPSA) is 21.3 Å². The van der Waals surface area contributed by atoms with E-state index in [-0.39, 0.29) is 6.04 Å². The monoisotopic (exact) mass is 225 g/mol. The van der Waals surface area contributed by atoms with E-state index in [4.69, 9.17) is 4.74 Å². The fraction of sp³-hybridized carbons (Fsp3) is 1.00. The van der Waals surface area contributed by atoms with E-state index in [0.717, 1.165) is 12.8 Å². The molecule has 1 fully saturated rings. The van der Waals surface area contributed by atoms with Gasteiger partial charge in [-0.15, -0.1) is 0 Å². The van der Waals surface area contributed by atoms with Crippen LogP contribution in [0.3, 0.4) is 0 Å². The van der Waals surface area contributed by atoms with Gasteiger partial charge in [-0.2, -0.15) is 13.2 Å². The highest BCUT2D eigenvalue weighted by molar-refractivity contribution is 4.88. The molecule has 0 spiro atoms. The summed E-state index contributed by atoms with van der Waals surface area (Å²) in [6.45, 7) is 2.06. The summed E-state index contributed by atoms with van der Waals surface area (Å²) >= 11 is 0. The highest BCUT2D eigenvalue weighted by atomic mass is 19.4. The number of hydrogen-bond acceptors (Lipinski definition) is 2. The number of ether oxygens (including phenoxy) is 1. The molecule has 0 bridgehead atoms. The molecule has 90 valence electrons. The molecule has 5 heteroatoms. The molecule has 2 atom stereocenters. The van der Waals surface area contributed by atoms with Gasteiger partial charge in [-0.3, -0.25) is 0 Å². The van der Waals surface area contributed by atoms with E-state index in [1.54, 1.807) is 14.0 Å². The van der Waals surface area contributed by atoms with E-state index in [9.17, 15) is 13.2 Å². The predicted molar refractivity (Wildman–Crippen MR) is 51.7 cm³/mol. The lowest BCUT2D eigenvalue weighted by atomic mass is 10.1. The smallest absolute Gasteiger partial charge is 0.383 e. The minimum atomic E-state index is -4.09. The first-order chi connectivity index (χ1) is 6.92. The number of hydrogen-bond donors (Lipinski definition) is 1. The van der Waals surface area contributed by atoms with Crippen LogP contribution in [0.25, 0.3) is 0 Å². The fourth-order valence-electron chi connectivity index (χ4n) is 1.77. The average Bonchev–Trinajstić information content (AvgIpc) is 2.81. The maximum atomic E-state index is 12.1. The third-order valence-corrected chi connectivity index (χ3v) is 2.57. The number of methoxy groups -OCH3 is 1. The van der Waals surface area contributed by atoms with E-state index in [0.29, 0.717) is 12.5 Å². The standard InChI is InChI=1S/C10H18F3NO/c1-7(5-10(11,12)13)14-9(6-15-2)8-3-4-8/h7-9,14H,3-6H2,1-2H3. The van der Waals surface area contributed by atoms with Gasteiger partial charge in [0, 0.05) is 19.2 Å². The van der Waals surface area contributed by atoms with E-state index >= 15 is 0 Å². The van der Waals surface area contributed by atoms with Crippen molar-refractivity contribution in [3.63, 3.8) is 0 Å². The summed E-state index contributed by atoms with van der Waals surface area (Å²) in [5, 5.41) is 2.99. The first kappa shape index (κ1) is 12.8. The first-order valence-electron chi connectivity index (χ1n) is 5.24. The molecular formula is C10H18F3NO. The van der Waals surface area contributed by atoms with Gasteiger partial charge < -0.3 is 10.1 Å². The lowest BCUT2D eigenvalue weighted by Crippen LogP contribution is -2.42. The third-order valence-electron chi connectivity index (χ3n) is 2.57. The lowest BCUT2D eigenvalue weighted by Gasteiger charge is -2.23. The van der Waals surface area contributed by atoms with E-state index < -0.39 is 18.6 Å². The van der Waals surface area contributed by atoms with Gasteiger partial charge in [-0.25, -0.2) is 0 Å². The molecule has 1 aliphatic carbocycles. The Hall–Kier alpha value is -0.290. The Morgan fingerprint density at radius 3 is 2.40 bits per heavy atom. The second-order valence-electron chi connectivity index (χ2n) is 4.29. The maximum Gasteiger partial charge on any atom is 0.390 e. The Balaban J connectivity index is 2.30. The van der Waals surface area contributed by atoms with Crippen molar-refractivity contribution in [2.45, 2.75) is 44.4 Å². The van der Waals surface area contributed by atoms with Crippen molar-refractivity contribution in [3.05, 3.63) is 0 Å². The molecule has 0 aliphatic heterocycles. The van der Waals surface area contributed by atoms with Crippen LogP contribution in [0.2, 0.25) is 0 Å². The molecule has 0 aromatic heterocycles. The van der Waals surface area contributed by atoms with Gasteiger partial charge >= 0.3 is 6.18 Å². The Bertz CT molecular complexity index is 192. The SMILES string of the molecule is COCC(NC(C)CC(F)(F)F)C1CC1.